The van der Waals surface area contributed by atoms with Crippen molar-refractivity contribution < 1.29 is 0 Å². The first-order valence-electron chi connectivity index (χ1n) is 7.57. The number of fused-ring (bicyclic) bond motifs is 1. The number of hydrogen-bond acceptors (Lipinski definition) is 5. The average molecular weight is 394 g/mol. The zero-order chi connectivity index (χ0) is 17.2. The Morgan fingerprint density at radius 3 is 3.04 bits per heavy atom. The lowest BCUT2D eigenvalue weighted by atomic mass is 10.1. The third kappa shape index (κ3) is 2.90. The van der Waals surface area contributed by atoms with Crippen LogP contribution < -0.4 is 0 Å². The molecule has 0 amide bonds. The molecular formula is C17H12BrN7. The number of nitrogens with one attached hydrogen (secondary N) is 1. The molecule has 0 bridgehead atoms. The first-order chi connectivity index (χ1) is 12.3. The molecule has 1 atom stereocenters. The first kappa shape index (κ1) is 15.5. The molecule has 0 fully saturated rings. The summed E-state index contributed by atoms with van der Waals surface area (Å²) >= 11 is 3.37. The Balaban J connectivity index is 1.76. The van der Waals surface area contributed by atoms with Crippen LogP contribution in [0.4, 0.5) is 0 Å². The van der Waals surface area contributed by atoms with E-state index in [-0.39, 0.29) is 6.04 Å². The van der Waals surface area contributed by atoms with Crippen LogP contribution >= 0.6 is 15.9 Å². The van der Waals surface area contributed by atoms with Crippen molar-refractivity contribution in [2.45, 2.75) is 12.5 Å². The zero-order valence-electron chi connectivity index (χ0n) is 13.0. The molecule has 1 unspecified atom stereocenters. The highest BCUT2D eigenvalue weighted by atomic mass is 79.9. The van der Waals surface area contributed by atoms with Crippen LogP contribution in [0.25, 0.3) is 22.3 Å². The molecule has 8 heteroatoms. The number of H-pyrrole nitrogens is 1. The number of nitriles is 1. The quantitative estimate of drug-likeness (QED) is 0.535. The van der Waals surface area contributed by atoms with E-state index in [4.69, 9.17) is 0 Å². The molecule has 4 aromatic heterocycles. The Bertz CT molecular complexity index is 1080. The number of aromatic nitrogens is 6. The standard InChI is InChI=1S/C17H12BrN7/c18-15-7-11(2-5-20-15)14(1-4-19)25-9-12(8-24-25)16-13-3-6-21-17(13)23-10-22-16/h2-3,5-10,14H,1H2,(H,21,22,23). The maximum Gasteiger partial charge on any atom is 0.141 e. The summed E-state index contributed by atoms with van der Waals surface area (Å²) in [4.78, 5) is 15.8. The maximum atomic E-state index is 9.22. The van der Waals surface area contributed by atoms with Gasteiger partial charge in [-0.25, -0.2) is 15.0 Å². The van der Waals surface area contributed by atoms with E-state index >= 15 is 0 Å². The summed E-state index contributed by atoms with van der Waals surface area (Å²) < 4.78 is 2.52. The predicted octanol–water partition coefficient (Wildman–Crippen LogP) is 3.48. The number of pyridine rings is 1. The van der Waals surface area contributed by atoms with Gasteiger partial charge in [0.05, 0.1) is 30.4 Å². The maximum absolute atomic E-state index is 9.22. The van der Waals surface area contributed by atoms with E-state index in [9.17, 15) is 5.26 Å². The van der Waals surface area contributed by atoms with Gasteiger partial charge in [-0.1, -0.05) is 0 Å². The summed E-state index contributed by atoms with van der Waals surface area (Å²) in [5.74, 6) is 0. The minimum Gasteiger partial charge on any atom is -0.346 e. The van der Waals surface area contributed by atoms with Crippen molar-refractivity contribution in [3.05, 3.63) is 59.5 Å². The number of nitrogens with zero attached hydrogens (tertiary/aromatic N) is 6. The fraction of sp³-hybridized carbons (Fsp3) is 0.118. The minimum atomic E-state index is -0.193. The van der Waals surface area contributed by atoms with E-state index in [1.54, 1.807) is 17.1 Å². The number of hydrogen-bond donors (Lipinski definition) is 1. The highest BCUT2D eigenvalue weighted by molar-refractivity contribution is 9.10. The van der Waals surface area contributed by atoms with E-state index in [0.29, 0.717) is 6.42 Å². The molecule has 0 saturated heterocycles. The van der Waals surface area contributed by atoms with Crippen molar-refractivity contribution in [1.29, 1.82) is 5.26 Å². The Labute approximate surface area is 151 Å². The Kier molecular flexibility index (Phi) is 3.99. The number of rotatable bonds is 4. The second kappa shape index (κ2) is 6.45. The summed E-state index contributed by atoms with van der Waals surface area (Å²) in [5, 5.41) is 14.6. The van der Waals surface area contributed by atoms with Crippen molar-refractivity contribution in [2.75, 3.05) is 0 Å². The highest BCUT2D eigenvalue weighted by Crippen LogP contribution is 2.28. The Hall–Kier alpha value is -3.05. The molecule has 0 aromatic carbocycles. The molecule has 1 N–H and O–H groups in total. The van der Waals surface area contributed by atoms with Crippen LogP contribution in [0.15, 0.2) is 53.9 Å². The predicted molar refractivity (Wildman–Crippen MR) is 95.4 cm³/mol. The van der Waals surface area contributed by atoms with Crippen LogP contribution in [0.3, 0.4) is 0 Å². The second-order valence-corrected chi connectivity index (χ2v) is 6.27. The fourth-order valence-electron chi connectivity index (χ4n) is 2.81. The Morgan fingerprint density at radius 2 is 2.20 bits per heavy atom. The summed E-state index contributed by atoms with van der Waals surface area (Å²) in [6, 6.07) is 7.77. The molecule has 25 heavy (non-hydrogen) atoms. The van der Waals surface area contributed by atoms with Crippen LogP contribution in [-0.4, -0.2) is 29.7 Å². The lowest BCUT2D eigenvalue weighted by molar-refractivity contribution is 0.531. The lowest BCUT2D eigenvalue weighted by Crippen LogP contribution is -2.10. The summed E-state index contributed by atoms with van der Waals surface area (Å²) in [6.45, 7) is 0. The summed E-state index contributed by atoms with van der Waals surface area (Å²) in [5.41, 5.74) is 3.43. The first-order valence-corrected chi connectivity index (χ1v) is 8.36. The van der Waals surface area contributed by atoms with Gasteiger partial charge in [0.2, 0.25) is 0 Å². The molecule has 0 aliphatic rings. The van der Waals surface area contributed by atoms with E-state index in [1.165, 1.54) is 6.33 Å². The average Bonchev–Trinajstić information content (AvgIpc) is 3.28. The number of aromatic amines is 1. The van der Waals surface area contributed by atoms with Gasteiger partial charge in [0.1, 0.15) is 16.6 Å². The molecule has 122 valence electrons. The van der Waals surface area contributed by atoms with Crippen molar-refractivity contribution in [2.24, 2.45) is 0 Å². The molecule has 0 aliphatic carbocycles. The monoisotopic (exact) mass is 393 g/mol. The van der Waals surface area contributed by atoms with Gasteiger partial charge in [0, 0.05) is 29.5 Å². The largest absolute Gasteiger partial charge is 0.346 e. The van der Waals surface area contributed by atoms with Gasteiger partial charge in [-0.15, -0.1) is 0 Å². The smallest absolute Gasteiger partial charge is 0.141 e. The van der Waals surface area contributed by atoms with E-state index in [1.807, 2.05) is 30.6 Å². The van der Waals surface area contributed by atoms with Crippen molar-refractivity contribution in [3.63, 3.8) is 0 Å². The van der Waals surface area contributed by atoms with Crippen LogP contribution in [0.5, 0.6) is 0 Å². The van der Waals surface area contributed by atoms with Crippen LogP contribution in [0, 0.1) is 11.3 Å². The minimum absolute atomic E-state index is 0.193. The van der Waals surface area contributed by atoms with Gasteiger partial charge in [0.15, 0.2) is 0 Å². The summed E-state index contributed by atoms with van der Waals surface area (Å²) in [6.07, 6.45) is 9.04. The molecule has 7 nitrogen and oxygen atoms in total. The zero-order valence-corrected chi connectivity index (χ0v) is 14.6. The molecule has 4 aromatic rings. The second-order valence-electron chi connectivity index (χ2n) is 5.46. The van der Waals surface area contributed by atoms with Gasteiger partial charge < -0.3 is 4.98 Å². The molecule has 0 radical (unpaired) electrons. The van der Waals surface area contributed by atoms with E-state index in [0.717, 1.165) is 32.5 Å². The van der Waals surface area contributed by atoms with Gasteiger partial charge in [-0.2, -0.15) is 10.4 Å². The van der Waals surface area contributed by atoms with Gasteiger partial charge in [-0.3, -0.25) is 4.68 Å². The lowest BCUT2D eigenvalue weighted by Gasteiger charge is -2.14. The molecule has 0 saturated carbocycles. The molecule has 0 aliphatic heterocycles. The molecule has 0 spiro atoms. The highest BCUT2D eigenvalue weighted by Gasteiger charge is 2.17. The Morgan fingerprint density at radius 1 is 1.28 bits per heavy atom. The summed E-state index contributed by atoms with van der Waals surface area (Å²) in [7, 11) is 0. The van der Waals surface area contributed by atoms with E-state index in [2.05, 4.69) is 47.0 Å². The third-order valence-corrected chi connectivity index (χ3v) is 4.40. The normalized spacial score (nSPS) is 12.2. The van der Waals surface area contributed by atoms with Gasteiger partial charge in [0.25, 0.3) is 0 Å². The SMILES string of the molecule is N#CCC(c1ccnc(Br)c1)n1cc(-c2ncnc3[nH]ccc23)cn1. The van der Waals surface area contributed by atoms with Crippen LogP contribution in [0.2, 0.25) is 0 Å². The van der Waals surface area contributed by atoms with Gasteiger partial charge >= 0.3 is 0 Å². The number of halogens is 1. The molecule has 4 heterocycles. The topological polar surface area (TPSA) is 96.1 Å². The van der Waals surface area contributed by atoms with Crippen LogP contribution in [-0.2, 0) is 0 Å². The van der Waals surface area contributed by atoms with Crippen molar-refractivity contribution in [3.8, 4) is 17.3 Å². The molecular weight excluding hydrogens is 382 g/mol. The van der Waals surface area contributed by atoms with Crippen LogP contribution in [0.1, 0.15) is 18.0 Å². The van der Waals surface area contributed by atoms with Gasteiger partial charge in [-0.05, 0) is 39.7 Å². The van der Waals surface area contributed by atoms with E-state index < -0.39 is 0 Å². The molecule has 4 rings (SSSR count). The van der Waals surface area contributed by atoms with Crippen molar-refractivity contribution in [1.82, 2.24) is 29.7 Å². The fourth-order valence-corrected chi connectivity index (χ4v) is 3.19. The van der Waals surface area contributed by atoms with Crippen molar-refractivity contribution >= 4 is 27.0 Å². The third-order valence-electron chi connectivity index (χ3n) is 3.97.